The minimum absolute atomic E-state index is 0.214. The molecule has 0 saturated carbocycles. The Morgan fingerprint density at radius 2 is 1.71 bits per heavy atom. The van der Waals surface area contributed by atoms with E-state index in [1.807, 2.05) is 24.3 Å². The van der Waals surface area contributed by atoms with Crippen LogP contribution in [0.3, 0.4) is 0 Å². The van der Waals surface area contributed by atoms with E-state index >= 15 is 0 Å². The number of aromatic amines is 1. The van der Waals surface area contributed by atoms with Crippen molar-refractivity contribution in [1.82, 2.24) is 9.29 Å². The van der Waals surface area contributed by atoms with Crippen LogP contribution in [0.5, 0.6) is 0 Å². The summed E-state index contributed by atoms with van der Waals surface area (Å²) in [7, 11) is -3.56. The number of amides is 1. The van der Waals surface area contributed by atoms with Gasteiger partial charge in [-0.2, -0.15) is 4.31 Å². The number of carbonyl (C=O) groups is 1. The van der Waals surface area contributed by atoms with Gasteiger partial charge in [-0.3, -0.25) is 4.79 Å². The predicted octanol–water partition coefficient (Wildman–Crippen LogP) is 3.98. The van der Waals surface area contributed by atoms with Gasteiger partial charge >= 0.3 is 0 Å². The lowest BCUT2D eigenvalue weighted by molar-refractivity contribution is 0.102. The zero-order valence-corrected chi connectivity index (χ0v) is 16.3. The zero-order chi connectivity index (χ0) is 19.6. The molecule has 0 atom stereocenters. The smallest absolute Gasteiger partial charge is 0.257 e. The molecule has 28 heavy (non-hydrogen) atoms. The Kier molecular flexibility index (Phi) is 5.19. The standard InChI is InChI=1S/C21H23N3O3S/c25-21(19-15-22-20-11-4-3-10-18(19)20)23-16-8-7-9-17(14-16)28(26,27)24-12-5-1-2-6-13-24/h3-4,7-11,14-15,22H,1-2,5-6,12-13H2,(H,23,25). The van der Waals surface area contributed by atoms with Crippen molar-refractivity contribution in [2.75, 3.05) is 18.4 Å². The summed E-state index contributed by atoms with van der Waals surface area (Å²) < 4.78 is 27.5. The van der Waals surface area contributed by atoms with Crippen LogP contribution in [-0.2, 0) is 10.0 Å². The molecule has 4 rings (SSSR count). The molecule has 1 amide bonds. The highest BCUT2D eigenvalue weighted by atomic mass is 32.2. The van der Waals surface area contributed by atoms with Crippen molar-refractivity contribution in [3.63, 3.8) is 0 Å². The summed E-state index contributed by atoms with van der Waals surface area (Å²) in [5.74, 6) is -0.276. The van der Waals surface area contributed by atoms with Gasteiger partial charge in [-0.05, 0) is 37.1 Å². The Morgan fingerprint density at radius 1 is 0.964 bits per heavy atom. The third-order valence-electron chi connectivity index (χ3n) is 5.13. The van der Waals surface area contributed by atoms with E-state index < -0.39 is 10.0 Å². The van der Waals surface area contributed by atoms with Gasteiger partial charge in [0.2, 0.25) is 10.0 Å². The maximum atomic E-state index is 13.0. The summed E-state index contributed by atoms with van der Waals surface area (Å²) in [6.07, 6.45) is 5.56. The van der Waals surface area contributed by atoms with Crippen molar-refractivity contribution in [1.29, 1.82) is 0 Å². The molecule has 1 saturated heterocycles. The summed E-state index contributed by atoms with van der Waals surface area (Å²) in [6.45, 7) is 1.10. The van der Waals surface area contributed by atoms with Crippen molar-refractivity contribution < 1.29 is 13.2 Å². The largest absolute Gasteiger partial charge is 0.360 e. The minimum atomic E-state index is -3.56. The van der Waals surface area contributed by atoms with Crippen LogP contribution in [0.4, 0.5) is 5.69 Å². The van der Waals surface area contributed by atoms with Gasteiger partial charge in [-0.25, -0.2) is 8.42 Å². The van der Waals surface area contributed by atoms with Crippen LogP contribution in [0, 0.1) is 0 Å². The van der Waals surface area contributed by atoms with Crippen LogP contribution in [0.2, 0.25) is 0 Å². The number of anilines is 1. The molecule has 0 spiro atoms. The van der Waals surface area contributed by atoms with Gasteiger partial charge in [-0.1, -0.05) is 37.1 Å². The molecule has 0 radical (unpaired) electrons. The van der Waals surface area contributed by atoms with E-state index in [1.54, 1.807) is 28.7 Å². The summed E-state index contributed by atoms with van der Waals surface area (Å²) >= 11 is 0. The molecule has 1 aliphatic heterocycles. The van der Waals surface area contributed by atoms with Gasteiger partial charge in [0.05, 0.1) is 10.5 Å². The first kappa shape index (κ1) is 18.7. The van der Waals surface area contributed by atoms with Gasteiger partial charge in [0.15, 0.2) is 0 Å². The van der Waals surface area contributed by atoms with Crippen LogP contribution in [0.25, 0.3) is 10.9 Å². The molecule has 2 heterocycles. The van der Waals surface area contributed by atoms with Gasteiger partial charge in [0.25, 0.3) is 5.91 Å². The number of H-pyrrole nitrogens is 1. The fourth-order valence-corrected chi connectivity index (χ4v) is 5.19. The first-order chi connectivity index (χ1) is 13.6. The number of sulfonamides is 1. The SMILES string of the molecule is O=C(Nc1cccc(S(=O)(=O)N2CCCCCC2)c1)c1c[nH]c2ccccc12. The Bertz CT molecular complexity index is 1100. The summed E-state index contributed by atoms with van der Waals surface area (Å²) in [5.41, 5.74) is 1.87. The number of benzene rings is 2. The number of para-hydroxylation sites is 1. The first-order valence-electron chi connectivity index (χ1n) is 9.53. The monoisotopic (exact) mass is 397 g/mol. The first-order valence-corrected chi connectivity index (χ1v) is 11.0. The summed E-state index contributed by atoms with van der Waals surface area (Å²) in [5, 5.41) is 3.65. The number of carbonyl (C=O) groups excluding carboxylic acids is 1. The molecule has 0 aliphatic carbocycles. The fraction of sp³-hybridized carbons (Fsp3) is 0.286. The minimum Gasteiger partial charge on any atom is -0.360 e. The molecule has 1 aromatic heterocycles. The van der Waals surface area contributed by atoms with E-state index in [1.165, 1.54) is 6.07 Å². The van der Waals surface area contributed by atoms with Crippen LogP contribution >= 0.6 is 0 Å². The third-order valence-corrected chi connectivity index (χ3v) is 7.02. The number of fused-ring (bicyclic) bond motifs is 1. The van der Waals surface area contributed by atoms with Crippen molar-refractivity contribution in [3.05, 3.63) is 60.3 Å². The highest BCUT2D eigenvalue weighted by molar-refractivity contribution is 7.89. The van der Waals surface area contributed by atoms with Crippen LogP contribution in [-0.4, -0.2) is 36.7 Å². The molecule has 1 aliphatic rings. The van der Waals surface area contributed by atoms with Crippen LogP contribution in [0.1, 0.15) is 36.0 Å². The average Bonchev–Trinajstić information content (AvgIpc) is 2.93. The molecule has 6 nitrogen and oxygen atoms in total. The zero-order valence-electron chi connectivity index (χ0n) is 15.5. The van der Waals surface area contributed by atoms with Gasteiger partial charge in [0.1, 0.15) is 0 Å². The highest BCUT2D eigenvalue weighted by Gasteiger charge is 2.25. The molecular weight excluding hydrogens is 374 g/mol. The quantitative estimate of drug-likeness (QED) is 0.698. The van der Waals surface area contributed by atoms with Crippen molar-refractivity contribution in [3.8, 4) is 0 Å². The molecule has 1 fully saturated rings. The maximum absolute atomic E-state index is 13.0. The summed E-state index contributed by atoms with van der Waals surface area (Å²) in [6, 6.07) is 14.0. The lowest BCUT2D eigenvalue weighted by Crippen LogP contribution is -2.32. The maximum Gasteiger partial charge on any atom is 0.257 e. The van der Waals surface area contributed by atoms with Crippen molar-refractivity contribution in [2.45, 2.75) is 30.6 Å². The second-order valence-electron chi connectivity index (χ2n) is 7.05. The van der Waals surface area contributed by atoms with E-state index in [0.717, 1.165) is 36.6 Å². The van der Waals surface area contributed by atoms with E-state index in [-0.39, 0.29) is 10.8 Å². The molecule has 146 valence electrons. The Morgan fingerprint density at radius 3 is 2.50 bits per heavy atom. The van der Waals surface area contributed by atoms with Gasteiger partial charge in [-0.15, -0.1) is 0 Å². The average molecular weight is 398 g/mol. The molecule has 7 heteroatoms. The second kappa shape index (κ2) is 7.77. The molecule has 0 unspecified atom stereocenters. The van der Waals surface area contributed by atoms with Crippen molar-refractivity contribution in [2.24, 2.45) is 0 Å². The molecule has 2 aromatic carbocycles. The van der Waals surface area contributed by atoms with E-state index in [4.69, 9.17) is 0 Å². The molecular formula is C21H23N3O3S. The number of rotatable bonds is 4. The van der Waals surface area contributed by atoms with Gasteiger partial charge < -0.3 is 10.3 Å². The van der Waals surface area contributed by atoms with E-state index in [2.05, 4.69) is 10.3 Å². The topological polar surface area (TPSA) is 82.3 Å². The normalized spacial score (nSPS) is 16.0. The number of nitrogens with one attached hydrogen (secondary N) is 2. The predicted molar refractivity (Wildman–Crippen MR) is 110 cm³/mol. The number of hydrogen-bond acceptors (Lipinski definition) is 3. The Labute approximate surface area is 164 Å². The van der Waals surface area contributed by atoms with Crippen LogP contribution in [0.15, 0.2) is 59.6 Å². The molecule has 0 bridgehead atoms. The number of hydrogen-bond donors (Lipinski definition) is 2. The van der Waals surface area contributed by atoms with Crippen molar-refractivity contribution >= 4 is 32.5 Å². The van der Waals surface area contributed by atoms with Crippen LogP contribution < -0.4 is 5.32 Å². The number of aromatic nitrogens is 1. The van der Waals surface area contributed by atoms with Gasteiger partial charge in [0, 0.05) is 35.9 Å². The second-order valence-corrected chi connectivity index (χ2v) is 8.99. The lowest BCUT2D eigenvalue weighted by Gasteiger charge is -2.20. The van der Waals surface area contributed by atoms with E-state index in [9.17, 15) is 13.2 Å². The Hall–Kier alpha value is -2.64. The molecule has 2 N–H and O–H groups in total. The summed E-state index contributed by atoms with van der Waals surface area (Å²) in [4.78, 5) is 16.0. The fourth-order valence-electron chi connectivity index (χ4n) is 3.62. The lowest BCUT2D eigenvalue weighted by atomic mass is 10.1. The Balaban J connectivity index is 1.57. The molecule has 3 aromatic rings. The number of nitrogens with zero attached hydrogens (tertiary/aromatic N) is 1. The third kappa shape index (κ3) is 3.68. The highest BCUT2D eigenvalue weighted by Crippen LogP contribution is 2.24. The van der Waals surface area contributed by atoms with E-state index in [0.29, 0.717) is 24.3 Å².